The molecule has 0 saturated carbocycles. The predicted molar refractivity (Wildman–Crippen MR) is 75.5 cm³/mol. The van der Waals surface area contributed by atoms with Crippen molar-refractivity contribution in [3.8, 4) is 11.5 Å². The van der Waals surface area contributed by atoms with Crippen LogP contribution in [0.3, 0.4) is 0 Å². The van der Waals surface area contributed by atoms with E-state index in [0.717, 1.165) is 12.2 Å². The van der Waals surface area contributed by atoms with Crippen molar-refractivity contribution in [2.75, 3.05) is 20.0 Å². The number of furan rings is 1. The van der Waals surface area contributed by atoms with Gasteiger partial charge < -0.3 is 19.6 Å². The number of aryl methyl sites for hydroxylation is 1. The molecule has 1 aromatic heterocycles. The van der Waals surface area contributed by atoms with E-state index in [9.17, 15) is 4.79 Å². The van der Waals surface area contributed by atoms with Crippen LogP contribution < -0.4 is 15.2 Å². The first-order valence-electron chi connectivity index (χ1n) is 6.25. The van der Waals surface area contributed by atoms with Crippen LogP contribution in [0, 0.1) is 0 Å². The quantitative estimate of drug-likeness (QED) is 0.670. The SMILES string of the molecule is CCc1ccc(C(=O)c2cc(OC)cc(OC)c2N)o1. The highest BCUT2D eigenvalue weighted by Crippen LogP contribution is 2.32. The minimum Gasteiger partial charge on any atom is -0.497 e. The van der Waals surface area contributed by atoms with E-state index >= 15 is 0 Å². The highest BCUT2D eigenvalue weighted by atomic mass is 16.5. The second-order valence-corrected chi connectivity index (χ2v) is 4.24. The number of nitrogens with two attached hydrogens (primary N) is 1. The largest absolute Gasteiger partial charge is 0.497 e. The van der Waals surface area contributed by atoms with Crippen LogP contribution in [0.2, 0.25) is 0 Å². The van der Waals surface area contributed by atoms with Crippen molar-refractivity contribution in [2.24, 2.45) is 0 Å². The number of benzene rings is 1. The number of carbonyl (C=O) groups is 1. The molecule has 0 aliphatic carbocycles. The molecule has 0 amide bonds. The maximum atomic E-state index is 12.4. The van der Waals surface area contributed by atoms with Crippen LogP contribution >= 0.6 is 0 Å². The average Bonchev–Trinajstić information content (AvgIpc) is 2.95. The monoisotopic (exact) mass is 275 g/mol. The fraction of sp³-hybridized carbons (Fsp3) is 0.267. The molecule has 0 fully saturated rings. The Labute approximate surface area is 117 Å². The van der Waals surface area contributed by atoms with Crippen molar-refractivity contribution in [1.82, 2.24) is 0 Å². The normalized spacial score (nSPS) is 10.3. The van der Waals surface area contributed by atoms with E-state index in [1.807, 2.05) is 6.92 Å². The van der Waals surface area contributed by atoms with Gasteiger partial charge in [0.2, 0.25) is 5.78 Å². The standard InChI is InChI=1S/C15H17NO4/c1-4-9-5-6-12(20-9)15(17)11-7-10(18-2)8-13(19-3)14(11)16/h5-8H,4,16H2,1-3H3. The number of hydrogen-bond donors (Lipinski definition) is 1. The number of ether oxygens (including phenoxy) is 2. The molecule has 0 unspecified atom stereocenters. The Bertz CT molecular complexity index is 631. The Kier molecular flexibility index (Phi) is 3.98. The summed E-state index contributed by atoms with van der Waals surface area (Å²) in [6.45, 7) is 1.95. The lowest BCUT2D eigenvalue weighted by Gasteiger charge is -2.11. The van der Waals surface area contributed by atoms with E-state index in [1.54, 1.807) is 24.3 Å². The number of ketones is 1. The third kappa shape index (κ3) is 2.47. The molecule has 0 aliphatic heterocycles. The van der Waals surface area contributed by atoms with Gasteiger partial charge in [-0.05, 0) is 18.2 Å². The van der Waals surface area contributed by atoms with Crippen molar-refractivity contribution in [2.45, 2.75) is 13.3 Å². The lowest BCUT2D eigenvalue weighted by atomic mass is 10.1. The van der Waals surface area contributed by atoms with Gasteiger partial charge in [-0.2, -0.15) is 0 Å². The molecule has 1 aromatic carbocycles. The molecule has 106 valence electrons. The van der Waals surface area contributed by atoms with Gasteiger partial charge in [0.15, 0.2) is 5.76 Å². The molecule has 5 nitrogen and oxygen atoms in total. The molecule has 0 aliphatic rings. The molecular formula is C15H17NO4. The molecule has 0 radical (unpaired) electrons. The van der Waals surface area contributed by atoms with E-state index < -0.39 is 0 Å². The maximum Gasteiger partial charge on any atom is 0.230 e. The first kappa shape index (κ1) is 14.0. The van der Waals surface area contributed by atoms with Crippen molar-refractivity contribution in [3.05, 3.63) is 41.3 Å². The Morgan fingerprint density at radius 2 is 2.00 bits per heavy atom. The number of nitrogen functional groups attached to an aromatic ring is 1. The predicted octanol–water partition coefficient (Wildman–Crippen LogP) is 2.67. The maximum absolute atomic E-state index is 12.4. The molecule has 0 atom stereocenters. The Morgan fingerprint density at radius 3 is 2.55 bits per heavy atom. The fourth-order valence-corrected chi connectivity index (χ4v) is 1.90. The molecule has 0 bridgehead atoms. The molecule has 2 aromatic rings. The van der Waals surface area contributed by atoms with Gasteiger partial charge in [0.05, 0.1) is 25.5 Å². The van der Waals surface area contributed by atoms with E-state index in [1.165, 1.54) is 14.2 Å². The van der Waals surface area contributed by atoms with Gasteiger partial charge in [-0.25, -0.2) is 0 Å². The second-order valence-electron chi connectivity index (χ2n) is 4.24. The van der Waals surface area contributed by atoms with Crippen LogP contribution in [0.25, 0.3) is 0 Å². The number of hydrogen-bond acceptors (Lipinski definition) is 5. The molecule has 20 heavy (non-hydrogen) atoms. The minimum atomic E-state index is -0.292. The fourth-order valence-electron chi connectivity index (χ4n) is 1.90. The smallest absolute Gasteiger partial charge is 0.230 e. The van der Waals surface area contributed by atoms with Crippen LogP contribution in [-0.2, 0) is 6.42 Å². The summed E-state index contributed by atoms with van der Waals surface area (Å²) in [5.74, 6) is 1.61. The molecule has 0 saturated heterocycles. The zero-order chi connectivity index (χ0) is 14.7. The first-order valence-corrected chi connectivity index (χ1v) is 6.25. The topological polar surface area (TPSA) is 74.7 Å². The molecule has 5 heteroatoms. The van der Waals surface area contributed by atoms with Gasteiger partial charge >= 0.3 is 0 Å². The summed E-state index contributed by atoms with van der Waals surface area (Å²) in [5, 5.41) is 0. The summed E-state index contributed by atoms with van der Waals surface area (Å²) >= 11 is 0. The minimum absolute atomic E-state index is 0.254. The second kappa shape index (κ2) is 5.69. The number of rotatable bonds is 5. The zero-order valence-electron chi connectivity index (χ0n) is 11.7. The van der Waals surface area contributed by atoms with Gasteiger partial charge in [0.1, 0.15) is 17.3 Å². The van der Waals surface area contributed by atoms with Gasteiger partial charge in [-0.3, -0.25) is 4.79 Å². The van der Waals surface area contributed by atoms with Crippen molar-refractivity contribution in [1.29, 1.82) is 0 Å². The lowest BCUT2D eigenvalue weighted by molar-refractivity contribution is 0.101. The summed E-state index contributed by atoms with van der Waals surface area (Å²) in [5.41, 5.74) is 6.53. The third-order valence-electron chi connectivity index (χ3n) is 3.05. The molecular weight excluding hydrogens is 258 g/mol. The Hall–Kier alpha value is -2.43. The van der Waals surface area contributed by atoms with Crippen LogP contribution in [0.4, 0.5) is 5.69 Å². The average molecular weight is 275 g/mol. The Balaban J connectivity index is 2.47. The lowest BCUT2D eigenvalue weighted by Crippen LogP contribution is -2.06. The summed E-state index contributed by atoms with van der Waals surface area (Å²) < 4.78 is 15.8. The van der Waals surface area contributed by atoms with E-state index in [0.29, 0.717) is 17.1 Å². The van der Waals surface area contributed by atoms with Crippen LogP contribution in [0.1, 0.15) is 28.8 Å². The summed E-state index contributed by atoms with van der Waals surface area (Å²) in [6, 6.07) is 6.63. The molecule has 0 spiro atoms. The first-order chi connectivity index (χ1) is 9.60. The van der Waals surface area contributed by atoms with E-state index in [2.05, 4.69) is 0 Å². The van der Waals surface area contributed by atoms with E-state index in [4.69, 9.17) is 19.6 Å². The van der Waals surface area contributed by atoms with Crippen LogP contribution in [0.15, 0.2) is 28.7 Å². The number of carbonyl (C=O) groups excluding carboxylic acids is 1. The summed E-state index contributed by atoms with van der Waals surface area (Å²) in [7, 11) is 3.00. The molecule has 2 N–H and O–H groups in total. The van der Waals surface area contributed by atoms with Crippen molar-refractivity contribution >= 4 is 11.5 Å². The highest BCUT2D eigenvalue weighted by Gasteiger charge is 2.20. The Morgan fingerprint density at radius 1 is 1.25 bits per heavy atom. The van der Waals surface area contributed by atoms with Gasteiger partial charge in [-0.1, -0.05) is 6.92 Å². The third-order valence-corrected chi connectivity index (χ3v) is 3.05. The van der Waals surface area contributed by atoms with E-state index in [-0.39, 0.29) is 17.2 Å². The highest BCUT2D eigenvalue weighted by molar-refractivity contribution is 6.11. The van der Waals surface area contributed by atoms with Crippen molar-refractivity contribution in [3.63, 3.8) is 0 Å². The van der Waals surface area contributed by atoms with Crippen LogP contribution in [0.5, 0.6) is 11.5 Å². The summed E-state index contributed by atoms with van der Waals surface area (Å²) in [4.78, 5) is 12.4. The summed E-state index contributed by atoms with van der Waals surface area (Å²) in [6.07, 6.45) is 0.726. The molecule has 2 rings (SSSR count). The van der Waals surface area contributed by atoms with Crippen molar-refractivity contribution < 1.29 is 18.7 Å². The number of methoxy groups -OCH3 is 2. The van der Waals surface area contributed by atoms with Gasteiger partial charge in [-0.15, -0.1) is 0 Å². The molecule has 1 heterocycles. The van der Waals surface area contributed by atoms with Gasteiger partial charge in [0, 0.05) is 12.5 Å². The van der Waals surface area contributed by atoms with Crippen LogP contribution in [-0.4, -0.2) is 20.0 Å². The zero-order valence-corrected chi connectivity index (χ0v) is 11.7. The number of anilines is 1. The van der Waals surface area contributed by atoms with Gasteiger partial charge in [0.25, 0.3) is 0 Å².